The molecule has 0 aliphatic rings. The van der Waals surface area contributed by atoms with Crippen molar-refractivity contribution in [2.75, 3.05) is 0 Å². The molecule has 5 heteroatoms. The highest BCUT2D eigenvalue weighted by atomic mass is 29.7. The van der Waals surface area contributed by atoms with E-state index >= 15 is 0 Å². The SMILES string of the molecule is CCCCCCCCCCCCCCCC[SiH](O)[SiH2][SiH2][SiH3]. The maximum absolute atomic E-state index is 9.90. The van der Waals surface area contributed by atoms with Crippen molar-refractivity contribution in [2.45, 2.75) is 103 Å². The highest BCUT2D eigenvalue weighted by Gasteiger charge is 2.04. The zero-order valence-electron chi connectivity index (χ0n) is 15.0. The maximum atomic E-state index is 9.90. The van der Waals surface area contributed by atoms with Crippen LogP contribution in [0, 0.1) is 0 Å². The Kier molecular flexibility index (Phi) is 19.6. The first-order chi connectivity index (χ1) is 10.3. The zero-order chi connectivity index (χ0) is 15.6. The summed E-state index contributed by atoms with van der Waals surface area (Å²) >= 11 is 0. The van der Waals surface area contributed by atoms with Crippen molar-refractivity contribution in [1.29, 1.82) is 0 Å². The van der Waals surface area contributed by atoms with Crippen molar-refractivity contribution in [3.8, 4) is 0 Å². The minimum atomic E-state index is -1.06. The number of hydrogen-bond donors (Lipinski definition) is 1. The van der Waals surface area contributed by atoms with Gasteiger partial charge in [0, 0.05) is 8.55 Å². The van der Waals surface area contributed by atoms with E-state index in [9.17, 15) is 4.80 Å². The lowest BCUT2D eigenvalue weighted by Gasteiger charge is -2.06. The third-order valence-corrected chi connectivity index (χ3v) is 38.6. The topological polar surface area (TPSA) is 20.2 Å². The molecule has 0 aliphatic heterocycles. The fourth-order valence-electron chi connectivity index (χ4n) is 3.05. The van der Waals surface area contributed by atoms with Gasteiger partial charge in [0.15, 0.2) is 0 Å². The highest BCUT2D eigenvalue weighted by Crippen LogP contribution is 2.13. The van der Waals surface area contributed by atoms with Crippen molar-refractivity contribution in [1.82, 2.24) is 0 Å². The van der Waals surface area contributed by atoms with Crippen LogP contribution in [0.1, 0.15) is 96.8 Å². The van der Waals surface area contributed by atoms with Gasteiger partial charge in [-0.2, -0.15) is 0 Å². The molecule has 0 saturated carbocycles. The molecule has 0 spiro atoms. The number of rotatable bonds is 17. The average Bonchev–Trinajstić information content (AvgIpc) is 2.48. The molecule has 0 radical (unpaired) electrons. The molecule has 0 aromatic carbocycles. The van der Waals surface area contributed by atoms with Crippen LogP contribution in [0.5, 0.6) is 0 Å². The molecule has 0 saturated heterocycles. The van der Waals surface area contributed by atoms with E-state index in [-0.39, 0.29) is 8.55 Å². The summed E-state index contributed by atoms with van der Waals surface area (Å²) in [6, 6.07) is 1.28. The van der Waals surface area contributed by atoms with E-state index in [1.54, 1.807) is 0 Å². The second-order valence-electron chi connectivity index (χ2n) is 6.83. The van der Waals surface area contributed by atoms with Crippen LogP contribution in [0.3, 0.4) is 0 Å². The standard InChI is InChI=1S/C16H42OSi4/c1-2-3-4-5-6-7-8-9-10-11-12-13-14-15-16-21(17)20-19-18/h17,21H,2-16,19-20H2,1,18H3. The Morgan fingerprint density at radius 3 is 1.48 bits per heavy atom. The predicted octanol–water partition coefficient (Wildman–Crippen LogP) is 2.21. The highest BCUT2D eigenvalue weighted by molar-refractivity contribution is 7.44. The Balaban J connectivity index is 2.99. The van der Waals surface area contributed by atoms with Gasteiger partial charge in [0.2, 0.25) is 0 Å². The summed E-state index contributed by atoms with van der Waals surface area (Å²) in [5.74, 6) is 0. The molecule has 0 aliphatic carbocycles. The minimum Gasteiger partial charge on any atom is -0.439 e. The monoisotopic (exact) mass is 362 g/mol. The summed E-state index contributed by atoms with van der Waals surface area (Å²) in [5.41, 5.74) is 0. The lowest BCUT2D eigenvalue weighted by molar-refractivity contribution is 0.535. The van der Waals surface area contributed by atoms with E-state index in [1.807, 2.05) is 0 Å². The second kappa shape index (κ2) is 18.9. The fraction of sp³-hybridized carbons (Fsp3) is 1.00. The van der Waals surface area contributed by atoms with Crippen molar-refractivity contribution < 1.29 is 4.80 Å². The predicted molar refractivity (Wildman–Crippen MR) is 112 cm³/mol. The summed E-state index contributed by atoms with van der Waals surface area (Å²) < 4.78 is 0. The third kappa shape index (κ3) is 18.8. The molecule has 0 bridgehead atoms. The van der Waals surface area contributed by atoms with Crippen LogP contribution in [0.25, 0.3) is 0 Å². The Morgan fingerprint density at radius 2 is 1.10 bits per heavy atom. The first kappa shape index (κ1) is 21.8. The molecule has 0 rings (SSSR count). The Hall–Kier alpha value is 0.828. The first-order valence-electron chi connectivity index (χ1n) is 9.99. The van der Waals surface area contributed by atoms with E-state index in [1.165, 1.54) is 106 Å². The van der Waals surface area contributed by atoms with Gasteiger partial charge in [-0.1, -0.05) is 96.8 Å². The Bertz CT molecular complexity index is 193. The van der Waals surface area contributed by atoms with E-state index in [4.69, 9.17) is 0 Å². The van der Waals surface area contributed by atoms with Gasteiger partial charge in [-0.25, -0.2) is 0 Å². The summed E-state index contributed by atoms with van der Waals surface area (Å²) in [5, 5.41) is 0. The Morgan fingerprint density at radius 1 is 0.714 bits per heavy atom. The molecule has 1 N–H and O–H groups in total. The van der Waals surface area contributed by atoms with Gasteiger partial charge in [-0.05, 0) is 24.4 Å². The largest absolute Gasteiger partial charge is 0.439 e. The first-order valence-corrected chi connectivity index (χ1v) is 24.2. The molecule has 21 heavy (non-hydrogen) atoms. The van der Waals surface area contributed by atoms with Gasteiger partial charge < -0.3 is 4.80 Å². The molecular weight excluding hydrogens is 321 g/mol. The van der Waals surface area contributed by atoms with Gasteiger partial charge in [-0.3, -0.25) is 0 Å². The van der Waals surface area contributed by atoms with Gasteiger partial charge in [0.1, 0.15) is 8.56 Å². The summed E-state index contributed by atoms with van der Waals surface area (Å²) in [4.78, 5) is 9.90. The van der Waals surface area contributed by atoms with Crippen molar-refractivity contribution >= 4 is 35.4 Å². The van der Waals surface area contributed by atoms with Gasteiger partial charge in [-0.15, -0.1) is 0 Å². The molecule has 1 nitrogen and oxygen atoms in total. The van der Waals surface area contributed by atoms with Crippen LogP contribution in [-0.4, -0.2) is 40.2 Å². The number of unbranched alkanes of at least 4 members (excludes halogenated alkanes) is 13. The van der Waals surface area contributed by atoms with Crippen molar-refractivity contribution in [2.24, 2.45) is 0 Å². The van der Waals surface area contributed by atoms with Crippen LogP contribution < -0.4 is 0 Å². The van der Waals surface area contributed by atoms with Gasteiger partial charge in [0.25, 0.3) is 0 Å². The lowest BCUT2D eigenvalue weighted by atomic mass is 10.0. The summed E-state index contributed by atoms with van der Waals surface area (Å²) in [6.07, 6.45) is 20.2. The van der Waals surface area contributed by atoms with Crippen LogP contribution in [0.4, 0.5) is 0 Å². The quantitative estimate of drug-likeness (QED) is 0.311. The van der Waals surface area contributed by atoms with Crippen LogP contribution in [0.15, 0.2) is 0 Å². The maximum Gasteiger partial charge on any atom is 0.150 e. The van der Waals surface area contributed by atoms with Crippen LogP contribution in [0.2, 0.25) is 6.04 Å². The van der Waals surface area contributed by atoms with Crippen LogP contribution >= 0.6 is 0 Å². The molecule has 128 valence electrons. The smallest absolute Gasteiger partial charge is 0.150 e. The molecule has 0 aromatic rings. The molecular formula is C16H42OSi4. The molecule has 0 aromatic heterocycles. The minimum absolute atomic E-state index is 0.178. The average molecular weight is 363 g/mol. The molecule has 0 amide bonds. The molecule has 0 heterocycles. The zero-order valence-corrected chi connectivity index (χ0v) is 21.0. The van der Waals surface area contributed by atoms with Crippen molar-refractivity contribution in [3.63, 3.8) is 0 Å². The molecule has 1 unspecified atom stereocenters. The second-order valence-corrected chi connectivity index (χ2v) is 32.0. The summed E-state index contributed by atoms with van der Waals surface area (Å²) in [6.45, 7) is 2.29. The van der Waals surface area contributed by atoms with Crippen LogP contribution in [-0.2, 0) is 0 Å². The molecule has 0 fully saturated rings. The van der Waals surface area contributed by atoms with E-state index in [0.717, 1.165) is 0 Å². The lowest BCUT2D eigenvalue weighted by Crippen LogP contribution is -2.27. The fourth-order valence-corrected chi connectivity index (χ4v) is 35.1. The Labute approximate surface area is 143 Å². The number of hydrogen-bond acceptors (Lipinski definition) is 1. The summed E-state index contributed by atoms with van der Waals surface area (Å²) in [7, 11) is 0.987. The van der Waals surface area contributed by atoms with E-state index in [2.05, 4.69) is 6.92 Å². The molecule has 1 atom stereocenters. The normalized spacial score (nSPS) is 14.0. The van der Waals surface area contributed by atoms with Gasteiger partial charge >= 0.3 is 0 Å². The van der Waals surface area contributed by atoms with Crippen molar-refractivity contribution in [3.05, 3.63) is 0 Å². The van der Waals surface area contributed by atoms with E-state index in [0.29, 0.717) is 8.55 Å². The third-order valence-electron chi connectivity index (χ3n) is 4.51. The van der Waals surface area contributed by atoms with Gasteiger partial charge in [0.05, 0.1) is 0 Å². The van der Waals surface area contributed by atoms with E-state index < -0.39 is 8.56 Å².